The van der Waals surface area contributed by atoms with Crippen molar-refractivity contribution in [2.75, 3.05) is 13.6 Å². The number of aliphatic carboxylic acids is 1. The van der Waals surface area contributed by atoms with E-state index >= 15 is 0 Å². The molecule has 12 heteroatoms. The molecule has 0 spiro atoms. The third-order valence-electron chi connectivity index (χ3n) is 7.98. The monoisotopic (exact) mass is 701 g/mol. The van der Waals surface area contributed by atoms with E-state index in [0.717, 1.165) is 16.7 Å². The molecule has 0 aliphatic rings. The van der Waals surface area contributed by atoms with Crippen LogP contribution >= 0.6 is 0 Å². The summed E-state index contributed by atoms with van der Waals surface area (Å²) in [6.45, 7) is 5.74. The predicted octanol–water partition coefficient (Wildman–Crippen LogP) is 3.54. The minimum Gasteiger partial charge on any atom is -0.480 e. The Bertz CT molecular complexity index is 1550. The van der Waals surface area contributed by atoms with Gasteiger partial charge >= 0.3 is 12.1 Å². The van der Waals surface area contributed by atoms with Crippen molar-refractivity contribution in [1.82, 2.24) is 26.6 Å². The average Bonchev–Trinajstić information content (AvgIpc) is 3.09. The number of hydrogen-bond donors (Lipinski definition) is 6. The van der Waals surface area contributed by atoms with Crippen molar-refractivity contribution in [3.63, 3.8) is 0 Å². The summed E-state index contributed by atoms with van der Waals surface area (Å²) in [7, 11) is 1.66. The van der Waals surface area contributed by atoms with Crippen LogP contribution in [0.5, 0.6) is 0 Å². The van der Waals surface area contributed by atoms with Crippen molar-refractivity contribution < 1.29 is 33.8 Å². The summed E-state index contributed by atoms with van der Waals surface area (Å²) < 4.78 is 5.25. The first-order chi connectivity index (χ1) is 24.3. The summed E-state index contributed by atoms with van der Waals surface area (Å²) in [6, 6.07) is 23.2. The van der Waals surface area contributed by atoms with E-state index in [-0.39, 0.29) is 19.3 Å². The molecule has 0 aliphatic heterocycles. The van der Waals surface area contributed by atoms with Crippen molar-refractivity contribution >= 4 is 29.8 Å². The summed E-state index contributed by atoms with van der Waals surface area (Å²) in [5.41, 5.74) is 1.69. The van der Waals surface area contributed by atoms with Crippen LogP contribution in [0.4, 0.5) is 4.79 Å². The lowest BCUT2D eigenvalue weighted by molar-refractivity contribution is -0.142. The van der Waals surface area contributed by atoms with E-state index < -0.39 is 59.6 Å². The lowest BCUT2D eigenvalue weighted by Gasteiger charge is -2.26. The van der Waals surface area contributed by atoms with Gasteiger partial charge in [0.1, 0.15) is 23.7 Å². The molecule has 274 valence electrons. The summed E-state index contributed by atoms with van der Waals surface area (Å²) in [5.74, 6) is -2.85. The second-order valence-corrected chi connectivity index (χ2v) is 13.4. The fraction of sp³-hybridized carbons (Fsp3) is 0.410. The Labute approximate surface area is 300 Å². The number of hydrogen-bond acceptors (Lipinski definition) is 7. The molecule has 0 unspecified atom stereocenters. The zero-order chi connectivity index (χ0) is 37.2. The first kappa shape index (κ1) is 40.2. The summed E-state index contributed by atoms with van der Waals surface area (Å²) in [5, 5.41) is 24.0. The fourth-order valence-corrected chi connectivity index (χ4v) is 5.37. The minimum atomic E-state index is -1.23. The lowest BCUT2D eigenvalue weighted by atomic mass is 10.0. The van der Waals surface area contributed by atoms with Crippen molar-refractivity contribution in [2.45, 2.75) is 89.1 Å². The van der Waals surface area contributed by atoms with E-state index in [9.17, 15) is 29.1 Å². The Balaban J connectivity index is 1.73. The Hall–Kier alpha value is -5.23. The van der Waals surface area contributed by atoms with Gasteiger partial charge in [0.2, 0.25) is 17.7 Å². The summed E-state index contributed by atoms with van der Waals surface area (Å²) in [6.07, 6.45) is 1.46. The summed E-state index contributed by atoms with van der Waals surface area (Å²) >= 11 is 0. The Morgan fingerprint density at radius 1 is 0.608 bits per heavy atom. The van der Waals surface area contributed by atoms with Gasteiger partial charge < -0.3 is 36.4 Å². The van der Waals surface area contributed by atoms with E-state index in [1.807, 2.05) is 66.7 Å². The van der Waals surface area contributed by atoms with Crippen molar-refractivity contribution in [3.05, 3.63) is 108 Å². The SMILES string of the molecule is CN[C@@H](CCCCNC(=O)OC(C)(C)C)C(=O)N[C@@H](Cc1ccccc1)C(=O)N[C@@H](Cc1ccccc1)C(=O)N[C@@H](Cc1ccccc1)C(=O)O. The fourth-order valence-electron chi connectivity index (χ4n) is 5.37. The second kappa shape index (κ2) is 20.4. The van der Waals surface area contributed by atoms with Crippen LogP contribution in [-0.2, 0) is 43.2 Å². The van der Waals surface area contributed by atoms with Crippen LogP contribution in [0.2, 0.25) is 0 Å². The number of likely N-dealkylation sites (N-methyl/N-ethyl adjacent to an activating group) is 1. The van der Waals surface area contributed by atoms with E-state index in [2.05, 4.69) is 26.6 Å². The number of nitrogens with one attached hydrogen (secondary N) is 5. The first-order valence-electron chi connectivity index (χ1n) is 17.2. The zero-order valence-electron chi connectivity index (χ0n) is 29.8. The number of alkyl carbamates (subject to hydrolysis) is 1. The molecule has 0 aromatic heterocycles. The summed E-state index contributed by atoms with van der Waals surface area (Å²) in [4.78, 5) is 65.3. The number of rotatable bonds is 19. The van der Waals surface area contributed by atoms with Crippen LogP contribution in [0.1, 0.15) is 56.7 Å². The highest BCUT2D eigenvalue weighted by Gasteiger charge is 2.31. The molecule has 51 heavy (non-hydrogen) atoms. The number of carbonyl (C=O) groups is 5. The van der Waals surface area contributed by atoms with E-state index in [1.54, 1.807) is 52.1 Å². The molecule has 0 saturated carbocycles. The molecule has 0 aliphatic carbocycles. The quantitative estimate of drug-likeness (QED) is 0.103. The largest absolute Gasteiger partial charge is 0.480 e. The second-order valence-electron chi connectivity index (χ2n) is 13.4. The number of unbranched alkanes of at least 4 members (excludes halogenated alkanes) is 1. The van der Waals surface area contributed by atoms with Gasteiger partial charge in [-0.15, -0.1) is 0 Å². The molecule has 0 bridgehead atoms. The minimum absolute atomic E-state index is 0.0586. The Morgan fingerprint density at radius 2 is 1.00 bits per heavy atom. The molecule has 3 rings (SSSR count). The van der Waals surface area contributed by atoms with Gasteiger partial charge in [-0.25, -0.2) is 9.59 Å². The Morgan fingerprint density at radius 3 is 1.39 bits per heavy atom. The molecule has 0 fully saturated rings. The highest BCUT2D eigenvalue weighted by atomic mass is 16.6. The van der Waals surface area contributed by atoms with E-state index in [1.165, 1.54) is 0 Å². The van der Waals surface area contributed by atoms with Gasteiger partial charge in [0.05, 0.1) is 6.04 Å². The molecule has 12 nitrogen and oxygen atoms in total. The van der Waals surface area contributed by atoms with Gasteiger partial charge in [-0.2, -0.15) is 0 Å². The van der Waals surface area contributed by atoms with Gasteiger partial charge in [-0.05, 0) is 63.8 Å². The van der Waals surface area contributed by atoms with Crippen LogP contribution in [0.3, 0.4) is 0 Å². The highest BCUT2D eigenvalue weighted by molar-refractivity contribution is 5.94. The van der Waals surface area contributed by atoms with Crippen molar-refractivity contribution in [3.8, 4) is 0 Å². The van der Waals surface area contributed by atoms with Gasteiger partial charge in [-0.3, -0.25) is 14.4 Å². The maximum absolute atomic E-state index is 14.0. The maximum atomic E-state index is 14.0. The van der Waals surface area contributed by atoms with Crippen LogP contribution in [0.25, 0.3) is 0 Å². The lowest BCUT2D eigenvalue weighted by Crippen LogP contribution is -2.58. The molecule has 6 N–H and O–H groups in total. The molecule has 4 atom stereocenters. The van der Waals surface area contributed by atoms with Crippen LogP contribution in [0, 0.1) is 0 Å². The van der Waals surface area contributed by atoms with Crippen LogP contribution in [0.15, 0.2) is 91.0 Å². The average molecular weight is 702 g/mol. The molecule has 4 amide bonds. The Kier molecular flexibility index (Phi) is 16.1. The molecule has 0 radical (unpaired) electrons. The van der Waals surface area contributed by atoms with Crippen molar-refractivity contribution in [2.24, 2.45) is 0 Å². The number of ether oxygens (including phenoxy) is 1. The topological polar surface area (TPSA) is 175 Å². The normalized spacial score (nSPS) is 13.5. The van der Waals surface area contributed by atoms with Crippen LogP contribution in [-0.4, -0.2) is 78.3 Å². The first-order valence-corrected chi connectivity index (χ1v) is 17.2. The molecule has 3 aromatic carbocycles. The molecule has 3 aromatic rings. The van der Waals surface area contributed by atoms with Gasteiger partial charge in [0, 0.05) is 25.8 Å². The van der Waals surface area contributed by atoms with E-state index in [0.29, 0.717) is 25.8 Å². The number of amides is 4. The molecular formula is C39H51N5O7. The van der Waals surface area contributed by atoms with Gasteiger partial charge in [-0.1, -0.05) is 91.0 Å². The van der Waals surface area contributed by atoms with Crippen LogP contribution < -0.4 is 26.6 Å². The standard InChI is InChI=1S/C39H51N5O7/c1-39(2,3)51-38(50)41-23-15-14-22-30(40-4)34(45)42-31(24-27-16-8-5-9-17-27)35(46)43-32(25-28-18-10-6-11-19-28)36(47)44-33(37(48)49)26-29-20-12-7-13-21-29/h5-13,16-21,30-33,40H,14-15,22-26H2,1-4H3,(H,41,50)(H,42,45)(H,43,46)(H,44,47)(H,48,49)/t30-,31-,32-,33-/m0/s1. The number of carbonyl (C=O) groups excluding carboxylic acids is 4. The third-order valence-corrected chi connectivity index (χ3v) is 7.98. The highest BCUT2D eigenvalue weighted by Crippen LogP contribution is 2.11. The van der Waals surface area contributed by atoms with E-state index in [4.69, 9.17) is 4.74 Å². The van der Waals surface area contributed by atoms with Gasteiger partial charge in [0.25, 0.3) is 0 Å². The zero-order valence-corrected chi connectivity index (χ0v) is 29.8. The number of benzene rings is 3. The number of carboxylic acid groups (broad SMARTS) is 1. The molecule has 0 heterocycles. The molecular weight excluding hydrogens is 650 g/mol. The third kappa shape index (κ3) is 15.0. The number of carboxylic acids is 1. The van der Waals surface area contributed by atoms with Crippen molar-refractivity contribution in [1.29, 1.82) is 0 Å². The predicted molar refractivity (Wildman–Crippen MR) is 195 cm³/mol. The molecule has 0 saturated heterocycles. The van der Waals surface area contributed by atoms with Gasteiger partial charge in [0.15, 0.2) is 0 Å². The maximum Gasteiger partial charge on any atom is 0.407 e. The smallest absolute Gasteiger partial charge is 0.407 e.